The minimum absolute atomic E-state index is 0. The first kappa shape index (κ1) is 14.9. The molecule has 0 aromatic rings. The van der Waals surface area contributed by atoms with E-state index in [0.29, 0.717) is 6.61 Å². The number of hydrogen-bond donors (Lipinski definition) is 0. The van der Waals surface area contributed by atoms with Crippen molar-refractivity contribution in [3.8, 4) is 0 Å². The van der Waals surface area contributed by atoms with Crippen LogP contribution in [-0.2, 0) is 4.84 Å². The van der Waals surface area contributed by atoms with Gasteiger partial charge in [0.2, 0.25) is 0 Å². The van der Waals surface area contributed by atoms with Gasteiger partial charge >= 0.3 is 0 Å². The molecule has 1 radical (unpaired) electrons. The second-order valence-corrected chi connectivity index (χ2v) is 2.68. The Bertz CT molecular complexity index is 91.1. The molecule has 4 heteroatoms. The van der Waals surface area contributed by atoms with Crippen molar-refractivity contribution in [1.29, 1.82) is 0 Å². The molecule has 0 heterocycles. The van der Waals surface area contributed by atoms with E-state index in [0.717, 1.165) is 12.8 Å². The summed E-state index contributed by atoms with van der Waals surface area (Å²) in [5, 5.41) is 2.32. The zero-order valence-corrected chi connectivity index (χ0v) is 10.2. The smallest absolute Gasteiger partial charge is 0.155 e. The van der Waals surface area contributed by atoms with Crippen LogP contribution < -0.4 is 0 Å². The Labute approximate surface area is 96.5 Å². The van der Waals surface area contributed by atoms with E-state index in [1.807, 2.05) is 0 Å². The van der Waals surface area contributed by atoms with Crippen LogP contribution in [0.5, 0.6) is 0 Å². The van der Waals surface area contributed by atoms with Crippen LogP contribution in [0, 0.1) is 4.91 Å². The van der Waals surface area contributed by atoms with Gasteiger partial charge in [-0.2, -0.15) is 0 Å². The molecule has 0 spiro atoms. The Morgan fingerprint density at radius 1 is 1.08 bits per heavy atom. The number of rotatable bonds is 8. The fraction of sp³-hybridized carbons (Fsp3) is 1.00. The minimum atomic E-state index is 0. The van der Waals surface area contributed by atoms with Gasteiger partial charge in [-0.25, -0.2) is 0 Å². The first-order valence-corrected chi connectivity index (χ1v) is 4.36. The van der Waals surface area contributed by atoms with Crippen LogP contribution in [0.3, 0.4) is 0 Å². The predicted molar refractivity (Wildman–Crippen MR) is 50.9 cm³/mol. The van der Waals surface area contributed by atoms with Crippen molar-refractivity contribution in [2.45, 2.75) is 45.4 Å². The van der Waals surface area contributed by atoms with Gasteiger partial charge in [-0.15, -0.1) is 4.91 Å². The number of hydrogen-bond acceptors (Lipinski definition) is 3. The number of nitrogens with zero attached hydrogens (tertiary/aromatic N) is 1. The summed E-state index contributed by atoms with van der Waals surface area (Å²) in [6, 6.07) is 0. The van der Waals surface area contributed by atoms with Crippen LogP contribution in [0.4, 0.5) is 0 Å². The van der Waals surface area contributed by atoms with Crippen molar-refractivity contribution < 1.29 is 4.84 Å². The zero-order chi connectivity index (χ0) is 8.36. The van der Waals surface area contributed by atoms with Crippen LogP contribution in [0.25, 0.3) is 0 Å². The molecule has 0 unspecified atom stereocenters. The monoisotopic (exact) mass is 182 g/mol. The van der Waals surface area contributed by atoms with Crippen molar-refractivity contribution in [2.75, 3.05) is 6.61 Å². The Kier molecular flexibility index (Phi) is 17.3. The molecule has 0 aliphatic carbocycles. The van der Waals surface area contributed by atoms with Gasteiger partial charge in [-0.3, -0.25) is 0 Å². The second-order valence-electron chi connectivity index (χ2n) is 2.68. The van der Waals surface area contributed by atoms with E-state index < -0.39 is 0 Å². The summed E-state index contributed by atoms with van der Waals surface area (Å²) < 4.78 is 0. The maximum Gasteiger partial charge on any atom is 0.155 e. The number of unbranched alkanes of at least 4 members (excludes halogenated alkanes) is 5. The minimum Gasteiger partial charge on any atom is -0.364 e. The Morgan fingerprint density at radius 2 is 1.67 bits per heavy atom. The summed E-state index contributed by atoms with van der Waals surface area (Å²) in [5.41, 5.74) is 0. The molecule has 0 N–H and O–H groups in total. The van der Waals surface area contributed by atoms with Crippen LogP contribution in [0.2, 0.25) is 0 Å². The SMILES string of the molecule is CCCCCCCCON=O.[Na]. The molecule has 0 atom stereocenters. The van der Waals surface area contributed by atoms with Crippen LogP contribution >= 0.6 is 0 Å². The first-order valence-electron chi connectivity index (χ1n) is 4.36. The Morgan fingerprint density at radius 3 is 2.25 bits per heavy atom. The van der Waals surface area contributed by atoms with Crippen molar-refractivity contribution in [3.63, 3.8) is 0 Å². The van der Waals surface area contributed by atoms with E-state index >= 15 is 0 Å². The maximum atomic E-state index is 9.47. The molecule has 0 aromatic heterocycles. The average Bonchev–Trinajstić information content (AvgIpc) is 2.03. The predicted octanol–water partition coefficient (Wildman–Crippen LogP) is 2.66. The molecule has 0 saturated heterocycles. The van der Waals surface area contributed by atoms with Crippen molar-refractivity contribution in [1.82, 2.24) is 0 Å². The van der Waals surface area contributed by atoms with E-state index in [1.165, 1.54) is 25.7 Å². The topological polar surface area (TPSA) is 38.7 Å². The summed E-state index contributed by atoms with van der Waals surface area (Å²) in [4.78, 5) is 13.8. The fourth-order valence-corrected chi connectivity index (χ4v) is 0.984. The molecule has 0 amide bonds. The van der Waals surface area contributed by atoms with E-state index in [-0.39, 0.29) is 29.6 Å². The van der Waals surface area contributed by atoms with Crippen LogP contribution in [-0.4, -0.2) is 36.2 Å². The van der Waals surface area contributed by atoms with E-state index in [4.69, 9.17) is 0 Å². The van der Waals surface area contributed by atoms with Crippen molar-refractivity contribution in [2.24, 2.45) is 5.34 Å². The summed E-state index contributed by atoms with van der Waals surface area (Å²) in [6.07, 6.45) is 7.23. The molecule has 0 aliphatic heterocycles. The molecule has 0 saturated carbocycles. The van der Waals surface area contributed by atoms with Gasteiger partial charge in [0.05, 0.1) is 0 Å². The Balaban J connectivity index is 0. The molecule has 3 nitrogen and oxygen atoms in total. The van der Waals surface area contributed by atoms with Crippen LogP contribution in [0.15, 0.2) is 5.34 Å². The fourth-order valence-electron chi connectivity index (χ4n) is 0.984. The maximum absolute atomic E-state index is 9.47. The first-order chi connectivity index (χ1) is 5.41. The van der Waals surface area contributed by atoms with Gasteiger partial charge in [0.15, 0.2) is 5.34 Å². The third-order valence-electron chi connectivity index (χ3n) is 1.64. The quantitative estimate of drug-likeness (QED) is 0.250. The molecule has 0 rings (SSSR count). The molecule has 0 aliphatic rings. The van der Waals surface area contributed by atoms with Gasteiger partial charge in [-0.05, 0) is 12.8 Å². The van der Waals surface area contributed by atoms with Crippen molar-refractivity contribution in [3.05, 3.63) is 4.91 Å². The molecule has 67 valence electrons. The summed E-state index contributed by atoms with van der Waals surface area (Å²) in [5.74, 6) is 0. The summed E-state index contributed by atoms with van der Waals surface area (Å²) >= 11 is 0. The average molecular weight is 182 g/mol. The molecule has 0 fully saturated rings. The van der Waals surface area contributed by atoms with E-state index in [2.05, 4.69) is 17.1 Å². The summed E-state index contributed by atoms with van der Waals surface area (Å²) in [6.45, 7) is 2.68. The molecule has 12 heavy (non-hydrogen) atoms. The van der Waals surface area contributed by atoms with Gasteiger partial charge < -0.3 is 4.84 Å². The summed E-state index contributed by atoms with van der Waals surface area (Å²) in [7, 11) is 0. The van der Waals surface area contributed by atoms with Crippen LogP contribution in [0.1, 0.15) is 45.4 Å². The molecule has 0 aromatic carbocycles. The normalized spacial score (nSPS) is 8.75. The standard InChI is InChI=1S/C8H17NO2.Na/c1-2-3-4-5-6-7-8-11-9-10;/h2-8H2,1H3;. The third-order valence-corrected chi connectivity index (χ3v) is 1.64. The van der Waals surface area contributed by atoms with Crippen molar-refractivity contribution >= 4 is 29.6 Å². The molecule has 0 bridgehead atoms. The second kappa shape index (κ2) is 14.0. The van der Waals surface area contributed by atoms with Gasteiger partial charge in [-0.1, -0.05) is 32.6 Å². The Hall–Kier alpha value is 0.400. The van der Waals surface area contributed by atoms with Gasteiger partial charge in [0.1, 0.15) is 6.61 Å². The largest absolute Gasteiger partial charge is 0.364 e. The zero-order valence-electron chi connectivity index (χ0n) is 8.21. The molecular formula is C8H17NNaO2. The van der Waals surface area contributed by atoms with Gasteiger partial charge in [0.25, 0.3) is 0 Å². The molecular weight excluding hydrogens is 165 g/mol. The van der Waals surface area contributed by atoms with E-state index in [1.54, 1.807) is 0 Å². The van der Waals surface area contributed by atoms with Gasteiger partial charge in [0, 0.05) is 29.6 Å². The van der Waals surface area contributed by atoms with E-state index in [9.17, 15) is 4.91 Å². The third kappa shape index (κ3) is 13.0.